The summed E-state index contributed by atoms with van der Waals surface area (Å²) in [5.74, 6) is 0. The number of aryl methyl sites for hydroxylation is 1. The molecule has 5 aromatic rings. The van der Waals surface area contributed by atoms with Crippen molar-refractivity contribution in [2.24, 2.45) is 0 Å². The Bertz CT molecular complexity index is 2110. The fourth-order valence-corrected chi connectivity index (χ4v) is 8.39. The minimum Gasteiger partial charge on any atom is -0.0840 e. The van der Waals surface area contributed by atoms with Gasteiger partial charge in [0.2, 0.25) is 0 Å². The van der Waals surface area contributed by atoms with Crippen molar-refractivity contribution in [1.82, 2.24) is 0 Å². The fourth-order valence-electron chi connectivity index (χ4n) is 8.39. The van der Waals surface area contributed by atoms with Crippen LogP contribution in [0.1, 0.15) is 63.1 Å². The highest BCUT2D eigenvalue weighted by Gasteiger charge is 2.49. The highest BCUT2D eigenvalue weighted by atomic mass is 14.5. The summed E-state index contributed by atoms with van der Waals surface area (Å²) in [6.45, 7) is 6.95. The van der Waals surface area contributed by atoms with Crippen molar-refractivity contribution < 1.29 is 0 Å². The summed E-state index contributed by atoms with van der Waals surface area (Å²) in [5, 5.41) is 2.66. The lowest BCUT2D eigenvalue weighted by atomic mass is 9.61. The molecule has 5 aromatic carbocycles. The molecule has 1 atom stereocenters. The summed E-state index contributed by atoms with van der Waals surface area (Å²) in [5.41, 5.74) is 17.8. The third-order valence-electron chi connectivity index (χ3n) is 10.6. The molecular weight excluding hydrogens is 540 g/mol. The Hall–Kier alpha value is -4.68. The smallest absolute Gasteiger partial charge is 0.0678 e. The SMILES string of the molecule is CCc1cccc(-c2cccc(-c3ccc4c(c3)C(C3=C(C)CCC=C3)(C3=C(C)C=CCC3)c3ccc5ccccc5c3-4)c2)c1. The molecule has 0 saturated heterocycles. The minimum absolute atomic E-state index is 0.312. The fraction of sp³-hybridized carbons (Fsp3) is 0.200. The van der Waals surface area contributed by atoms with Crippen molar-refractivity contribution in [3.63, 3.8) is 0 Å². The van der Waals surface area contributed by atoms with E-state index < -0.39 is 0 Å². The zero-order chi connectivity index (χ0) is 30.5. The van der Waals surface area contributed by atoms with Crippen LogP contribution in [0.15, 0.2) is 150 Å². The van der Waals surface area contributed by atoms with Crippen molar-refractivity contribution in [3.8, 4) is 33.4 Å². The molecule has 0 N–H and O–H groups in total. The molecule has 0 nitrogen and oxygen atoms in total. The average molecular weight is 581 g/mol. The van der Waals surface area contributed by atoms with Gasteiger partial charge in [0.05, 0.1) is 5.41 Å². The van der Waals surface area contributed by atoms with Gasteiger partial charge in [-0.2, -0.15) is 0 Å². The first-order chi connectivity index (χ1) is 22.1. The number of fused-ring (bicyclic) bond motifs is 5. The zero-order valence-corrected chi connectivity index (χ0v) is 26.7. The van der Waals surface area contributed by atoms with Gasteiger partial charge in [0.1, 0.15) is 0 Å². The van der Waals surface area contributed by atoms with Gasteiger partial charge < -0.3 is 0 Å². The van der Waals surface area contributed by atoms with Gasteiger partial charge in [0.15, 0.2) is 0 Å². The third-order valence-corrected chi connectivity index (χ3v) is 10.6. The summed E-state index contributed by atoms with van der Waals surface area (Å²) < 4.78 is 0. The van der Waals surface area contributed by atoms with Crippen LogP contribution in [0.25, 0.3) is 44.2 Å². The molecule has 45 heavy (non-hydrogen) atoms. The molecule has 8 rings (SSSR count). The van der Waals surface area contributed by atoms with Gasteiger partial charge in [0.25, 0.3) is 0 Å². The van der Waals surface area contributed by atoms with Crippen LogP contribution in [0.3, 0.4) is 0 Å². The third kappa shape index (κ3) is 4.34. The molecule has 0 aromatic heterocycles. The van der Waals surface area contributed by atoms with E-state index in [4.69, 9.17) is 0 Å². The van der Waals surface area contributed by atoms with E-state index in [2.05, 4.69) is 148 Å². The lowest BCUT2D eigenvalue weighted by molar-refractivity contribution is 0.665. The Morgan fingerprint density at radius 1 is 0.622 bits per heavy atom. The van der Waals surface area contributed by atoms with Crippen molar-refractivity contribution >= 4 is 10.8 Å². The molecular formula is C45H40. The number of benzene rings is 5. The predicted molar refractivity (Wildman–Crippen MR) is 193 cm³/mol. The van der Waals surface area contributed by atoms with Crippen LogP contribution in [0.2, 0.25) is 0 Å². The van der Waals surface area contributed by atoms with E-state index >= 15 is 0 Å². The Labute approximate surface area is 268 Å². The highest BCUT2D eigenvalue weighted by molar-refractivity contribution is 6.04. The van der Waals surface area contributed by atoms with Crippen LogP contribution in [0, 0.1) is 0 Å². The first kappa shape index (κ1) is 27.8. The van der Waals surface area contributed by atoms with E-state index in [1.165, 1.54) is 77.6 Å². The van der Waals surface area contributed by atoms with Crippen LogP contribution in [0.5, 0.6) is 0 Å². The lowest BCUT2D eigenvalue weighted by Crippen LogP contribution is -2.33. The van der Waals surface area contributed by atoms with E-state index in [1.54, 1.807) is 5.57 Å². The summed E-state index contributed by atoms with van der Waals surface area (Å²) in [4.78, 5) is 0. The molecule has 0 heteroatoms. The van der Waals surface area contributed by atoms with E-state index in [-0.39, 0.29) is 5.41 Å². The maximum atomic E-state index is 2.55. The average Bonchev–Trinajstić information content (AvgIpc) is 3.39. The standard InChI is InChI=1S/C45H40/c1-4-32-15-11-17-34(27-32)35-18-12-19-36(28-35)37-23-25-39-43(29-37)45(40-21-9-5-13-30(40)2,41-22-10-6-14-31(41)3)42-26-24-33-16-7-8-20-38(33)44(39)42/h5,7-8,10-13,15-20,22-29H,4,6,9,14,21H2,1-3H3. The molecule has 0 amide bonds. The molecule has 1 unspecified atom stereocenters. The van der Waals surface area contributed by atoms with Crippen LogP contribution >= 0.6 is 0 Å². The molecule has 220 valence electrons. The Balaban J connectivity index is 1.43. The van der Waals surface area contributed by atoms with E-state index in [0.717, 1.165) is 32.1 Å². The molecule has 0 aliphatic heterocycles. The molecule has 0 spiro atoms. The summed E-state index contributed by atoms with van der Waals surface area (Å²) in [7, 11) is 0. The van der Waals surface area contributed by atoms with Gasteiger partial charge in [-0.1, -0.05) is 133 Å². The molecule has 3 aliphatic rings. The van der Waals surface area contributed by atoms with Crippen molar-refractivity contribution in [2.45, 2.75) is 58.3 Å². The minimum atomic E-state index is -0.312. The van der Waals surface area contributed by atoms with Gasteiger partial charge in [-0.25, -0.2) is 0 Å². The summed E-state index contributed by atoms with van der Waals surface area (Å²) in [6.07, 6.45) is 15.1. The quantitative estimate of drug-likeness (QED) is 0.194. The van der Waals surface area contributed by atoms with Gasteiger partial charge in [0, 0.05) is 0 Å². The number of allylic oxidation sites excluding steroid dienone is 8. The van der Waals surface area contributed by atoms with Crippen LogP contribution in [-0.4, -0.2) is 0 Å². The zero-order valence-electron chi connectivity index (χ0n) is 26.7. The van der Waals surface area contributed by atoms with Gasteiger partial charge >= 0.3 is 0 Å². The molecule has 0 saturated carbocycles. The van der Waals surface area contributed by atoms with Crippen molar-refractivity contribution in [3.05, 3.63) is 166 Å². The molecule has 0 bridgehead atoms. The van der Waals surface area contributed by atoms with Crippen LogP contribution < -0.4 is 0 Å². The Kier molecular flexibility index (Phi) is 6.83. The maximum absolute atomic E-state index is 2.55. The monoisotopic (exact) mass is 580 g/mol. The highest BCUT2D eigenvalue weighted by Crippen LogP contribution is 2.61. The first-order valence-electron chi connectivity index (χ1n) is 16.7. The number of hydrogen-bond acceptors (Lipinski definition) is 0. The van der Waals surface area contributed by atoms with Crippen molar-refractivity contribution in [2.75, 3.05) is 0 Å². The van der Waals surface area contributed by atoms with Crippen LogP contribution in [0.4, 0.5) is 0 Å². The van der Waals surface area contributed by atoms with Gasteiger partial charge in [-0.3, -0.25) is 0 Å². The molecule has 0 fully saturated rings. The lowest BCUT2D eigenvalue weighted by Gasteiger charge is -2.40. The normalized spacial score (nSPS) is 18.9. The second kappa shape index (κ2) is 11.0. The number of hydrogen-bond donors (Lipinski definition) is 0. The van der Waals surface area contributed by atoms with E-state index in [0.29, 0.717) is 0 Å². The van der Waals surface area contributed by atoms with E-state index in [9.17, 15) is 0 Å². The number of rotatable bonds is 5. The first-order valence-corrected chi connectivity index (χ1v) is 16.7. The summed E-state index contributed by atoms with van der Waals surface area (Å²) >= 11 is 0. The molecule has 0 radical (unpaired) electrons. The molecule has 3 aliphatic carbocycles. The predicted octanol–water partition coefficient (Wildman–Crippen LogP) is 12.3. The maximum Gasteiger partial charge on any atom is 0.0678 e. The second-order valence-electron chi connectivity index (χ2n) is 13.1. The van der Waals surface area contributed by atoms with Gasteiger partial charge in [-0.15, -0.1) is 0 Å². The van der Waals surface area contributed by atoms with E-state index in [1.807, 2.05) is 0 Å². The topological polar surface area (TPSA) is 0 Å². The largest absolute Gasteiger partial charge is 0.0840 e. The Morgan fingerprint density at radius 2 is 1.36 bits per heavy atom. The second-order valence-corrected chi connectivity index (χ2v) is 13.1. The summed E-state index contributed by atoms with van der Waals surface area (Å²) in [6, 6.07) is 39.3. The Morgan fingerprint density at radius 3 is 2.16 bits per heavy atom. The molecule has 0 heterocycles. The van der Waals surface area contributed by atoms with Crippen molar-refractivity contribution in [1.29, 1.82) is 0 Å². The van der Waals surface area contributed by atoms with Crippen LogP contribution in [-0.2, 0) is 11.8 Å². The van der Waals surface area contributed by atoms with Gasteiger partial charge in [-0.05, 0) is 130 Å².